The maximum absolute atomic E-state index is 11.7. The third-order valence-electron chi connectivity index (χ3n) is 3.02. The molecule has 1 amide bonds. The van der Waals surface area contributed by atoms with Crippen LogP contribution in [0.3, 0.4) is 0 Å². The number of rotatable bonds is 4. The van der Waals surface area contributed by atoms with Gasteiger partial charge < -0.3 is 10.4 Å². The quantitative estimate of drug-likeness (QED) is 0.857. The molecule has 2 rings (SSSR count). The Balaban J connectivity index is 1.73. The Morgan fingerprint density at radius 1 is 1.44 bits per heavy atom. The van der Waals surface area contributed by atoms with E-state index in [1.807, 2.05) is 17.0 Å². The van der Waals surface area contributed by atoms with Gasteiger partial charge in [0.25, 0.3) is 0 Å². The third kappa shape index (κ3) is 3.98. The Morgan fingerprint density at radius 2 is 2.17 bits per heavy atom. The number of nitrogens with one attached hydrogen (secondary N) is 1. The Bertz CT molecular complexity index is 408. The van der Waals surface area contributed by atoms with Crippen molar-refractivity contribution in [3.8, 4) is 0 Å². The molecule has 0 radical (unpaired) electrons. The highest BCUT2D eigenvalue weighted by Gasteiger charge is 2.21. The fourth-order valence-corrected chi connectivity index (χ4v) is 2.14. The smallest absolute Gasteiger partial charge is 0.234 e. The van der Waals surface area contributed by atoms with Crippen molar-refractivity contribution >= 4 is 17.5 Å². The minimum Gasteiger partial charge on any atom is -0.392 e. The van der Waals surface area contributed by atoms with E-state index in [0.29, 0.717) is 24.7 Å². The summed E-state index contributed by atoms with van der Waals surface area (Å²) in [7, 11) is 0. The first-order chi connectivity index (χ1) is 8.63. The van der Waals surface area contributed by atoms with E-state index in [4.69, 9.17) is 11.6 Å². The Kier molecular flexibility index (Phi) is 4.58. The van der Waals surface area contributed by atoms with Crippen LogP contribution in [0.25, 0.3) is 0 Å². The molecule has 0 saturated carbocycles. The standard InChI is InChI=1S/C13H17ClN2O2/c14-11-3-1-10(2-4-11)7-15-13(18)9-16-6-5-12(17)8-16/h1-4,12,17H,5-9H2,(H,15,18). The summed E-state index contributed by atoms with van der Waals surface area (Å²) >= 11 is 5.78. The normalized spacial score (nSPS) is 20.0. The van der Waals surface area contributed by atoms with Crippen molar-refractivity contribution in [1.29, 1.82) is 0 Å². The fourth-order valence-electron chi connectivity index (χ4n) is 2.02. The van der Waals surface area contributed by atoms with E-state index in [-0.39, 0.29) is 12.0 Å². The zero-order chi connectivity index (χ0) is 13.0. The van der Waals surface area contributed by atoms with Crippen LogP contribution in [0.5, 0.6) is 0 Å². The topological polar surface area (TPSA) is 52.6 Å². The van der Waals surface area contributed by atoms with Crippen molar-refractivity contribution in [2.75, 3.05) is 19.6 Å². The van der Waals surface area contributed by atoms with E-state index in [0.717, 1.165) is 18.5 Å². The van der Waals surface area contributed by atoms with Crippen LogP contribution in [0, 0.1) is 0 Å². The van der Waals surface area contributed by atoms with Crippen LogP contribution >= 0.6 is 11.6 Å². The zero-order valence-corrected chi connectivity index (χ0v) is 10.9. The lowest BCUT2D eigenvalue weighted by atomic mass is 10.2. The number of likely N-dealkylation sites (tertiary alicyclic amines) is 1. The van der Waals surface area contributed by atoms with E-state index < -0.39 is 0 Å². The highest BCUT2D eigenvalue weighted by atomic mass is 35.5. The Morgan fingerprint density at radius 3 is 2.78 bits per heavy atom. The molecule has 1 saturated heterocycles. The lowest BCUT2D eigenvalue weighted by Gasteiger charge is -2.14. The van der Waals surface area contributed by atoms with Crippen molar-refractivity contribution in [2.45, 2.75) is 19.1 Å². The number of hydrogen-bond donors (Lipinski definition) is 2. The molecule has 1 fully saturated rings. The predicted octanol–water partition coefficient (Wildman–Crippen LogP) is 1.02. The van der Waals surface area contributed by atoms with Gasteiger partial charge in [0, 0.05) is 24.7 Å². The van der Waals surface area contributed by atoms with Gasteiger partial charge in [-0.05, 0) is 24.1 Å². The van der Waals surface area contributed by atoms with Gasteiger partial charge in [-0.2, -0.15) is 0 Å². The number of benzene rings is 1. The summed E-state index contributed by atoms with van der Waals surface area (Å²) in [5.41, 5.74) is 1.02. The second-order valence-electron chi connectivity index (χ2n) is 4.58. The molecule has 18 heavy (non-hydrogen) atoms. The maximum Gasteiger partial charge on any atom is 0.234 e. The van der Waals surface area contributed by atoms with Gasteiger partial charge in [-0.1, -0.05) is 23.7 Å². The third-order valence-corrected chi connectivity index (χ3v) is 3.27. The Labute approximate surface area is 112 Å². The number of aliphatic hydroxyl groups is 1. The van der Waals surface area contributed by atoms with Crippen LogP contribution in [-0.2, 0) is 11.3 Å². The van der Waals surface area contributed by atoms with Crippen molar-refractivity contribution in [2.24, 2.45) is 0 Å². The molecule has 0 aliphatic carbocycles. The van der Waals surface area contributed by atoms with Crippen LogP contribution in [0.2, 0.25) is 5.02 Å². The van der Waals surface area contributed by atoms with Crippen LogP contribution in [0.4, 0.5) is 0 Å². The van der Waals surface area contributed by atoms with Crippen molar-refractivity contribution in [3.63, 3.8) is 0 Å². The van der Waals surface area contributed by atoms with Crippen LogP contribution in [0.1, 0.15) is 12.0 Å². The molecule has 1 aromatic rings. The number of hydrogen-bond acceptors (Lipinski definition) is 3. The number of halogens is 1. The molecule has 0 aromatic heterocycles. The number of carbonyl (C=O) groups excluding carboxylic acids is 1. The van der Waals surface area contributed by atoms with Gasteiger partial charge in [-0.15, -0.1) is 0 Å². The van der Waals surface area contributed by atoms with Crippen molar-refractivity contribution in [3.05, 3.63) is 34.9 Å². The van der Waals surface area contributed by atoms with Gasteiger partial charge in [0.2, 0.25) is 5.91 Å². The first-order valence-electron chi connectivity index (χ1n) is 6.05. The monoisotopic (exact) mass is 268 g/mol. The van der Waals surface area contributed by atoms with E-state index in [1.54, 1.807) is 12.1 Å². The average Bonchev–Trinajstić information content (AvgIpc) is 2.74. The zero-order valence-electron chi connectivity index (χ0n) is 10.1. The molecule has 5 heteroatoms. The number of nitrogens with zero attached hydrogens (tertiary/aromatic N) is 1. The van der Waals surface area contributed by atoms with Crippen LogP contribution < -0.4 is 5.32 Å². The minimum absolute atomic E-state index is 0.0148. The summed E-state index contributed by atoms with van der Waals surface area (Å²) in [6.45, 7) is 2.24. The van der Waals surface area contributed by atoms with Crippen LogP contribution in [0.15, 0.2) is 24.3 Å². The van der Waals surface area contributed by atoms with Gasteiger partial charge in [0.1, 0.15) is 0 Å². The van der Waals surface area contributed by atoms with E-state index >= 15 is 0 Å². The predicted molar refractivity (Wildman–Crippen MR) is 70.4 cm³/mol. The fraction of sp³-hybridized carbons (Fsp3) is 0.462. The SMILES string of the molecule is O=C(CN1CCC(O)C1)NCc1ccc(Cl)cc1. The van der Waals surface area contributed by atoms with Gasteiger partial charge in [0.15, 0.2) is 0 Å². The van der Waals surface area contributed by atoms with Crippen LogP contribution in [-0.4, -0.2) is 41.7 Å². The molecule has 1 unspecified atom stereocenters. The molecule has 4 nitrogen and oxygen atoms in total. The van der Waals surface area contributed by atoms with Crippen molar-refractivity contribution < 1.29 is 9.90 Å². The molecule has 1 aliphatic rings. The minimum atomic E-state index is -0.283. The average molecular weight is 269 g/mol. The molecule has 98 valence electrons. The van der Waals surface area contributed by atoms with Crippen molar-refractivity contribution in [1.82, 2.24) is 10.2 Å². The second-order valence-corrected chi connectivity index (χ2v) is 5.02. The van der Waals surface area contributed by atoms with E-state index in [2.05, 4.69) is 5.32 Å². The maximum atomic E-state index is 11.7. The lowest BCUT2D eigenvalue weighted by Crippen LogP contribution is -2.36. The largest absolute Gasteiger partial charge is 0.392 e. The number of β-amino-alcohol motifs (C(OH)–C–C–N with tert-alkyl or cyclic N) is 1. The molecule has 1 atom stereocenters. The molecular formula is C13H17ClN2O2. The molecule has 2 N–H and O–H groups in total. The molecule has 1 heterocycles. The van der Waals surface area contributed by atoms with Gasteiger partial charge in [0.05, 0.1) is 12.6 Å². The van der Waals surface area contributed by atoms with E-state index in [9.17, 15) is 9.90 Å². The molecule has 1 aliphatic heterocycles. The highest BCUT2D eigenvalue weighted by Crippen LogP contribution is 2.10. The molecule has 0 spiro atoms. The van der Waals surface area contributed by atoms with Gasteiger partial charge in [-0.25, -0.2) is 0 Å². The summed E-state index contributed by atoms with van der Waals surface area (Å²) in [6, 6.07) is 7.39. The lowest BCUT2D eigenvalue weighted by molar-refractivity contribution is -0.122. The summed E-state index contributed by atoms with van der Waals surface area (Å²) in [5.74, 6) is -0.0148. The summed E-state index contributed by atoms with van der Waals surface area (Å²) in [4.78, 5) is 13.6. The molecule has 1 aromatic carbocycles. The van der Waals surface area contributed by atoms with Gasteiger partial charge >= 0.3 is 0 Å². The summed E-state index contributed by atoms with van der Waals surface area (Å²) in [6.07, 6.45) is 0.471. The number of amides is 1. The Hall–Kier alpha value is -1.10. The summed E-state index contributed by atoms with van der Waals surface area (Å²) in [5, 5.41) is 12.9. The molecule has 0 bridgehead atoms. The summed E-state index contributed by atoms with van der Waals surface area (Å²) < 4.78 is 0. The number of carbonyl (C=O) groups is 1. The first kappa shape index (κ1) is 13.3. The first-order valence-corrected chi connectivity index (χ1v) is 6.43. The highest BCUT2D eigenvalue weighted by molar-refractivity contribution is 6.30. The molecular weight excluding hydrogens is 252 g/mol. The number of aliphatic hydroxyl groups excluding tert-OH is 1. The van der Waals surface area contributed by atoms with E-state index in [1.165, 1.54) is 0 Å². The second kappa shape index (κ2) is 6.18. The van der Waals surface area contributed by atoms with Gasteiger partial charge in [-0.3, -0.25) is 9.69 Å².